The van der Waals surface area contributed by atoms with Crippen LogP contribution < -0.4 is 5.73 Å². The second kappa shape index (κ2) is 4.81. The highest BCUT2D eigenvalue weighted by Gasteiger charge is 2.37. The summed E-state index contributed by atoms with van der Waals surface area (Å²) in [7, 11) is 2.22. The molecule has 0 aromatic carbocycles. The van der Waals surface area contributed by atoms with E-state index in [2.05, 4.69) is 11.9 Å². The summed E-state index contributed by atoms with van der Waals surface area (Å²) in [6.07, 6.45) is 6.60. The zero-order valence-corrected chi connectivity index (χ0v) is 9.87. The van der Waals surface area contributed by atoms with Crippen molar-refractivity contribution in [2.24, 2.45) is 11.7 Å². The number of hydrogen-bond donors (Lipinski definition) is 1. The van der Waals surface area contributed by atoms with Gasteiger partial charge in [0.05, 0.1) is 12.1 Å². The maximum absolute atomic E-state index is 5.95. The van der Waals surface area contributed by atoms with Crippen LogP contribution in [0, 0.1) is 5.92 Å². The van der Waals surface area contributed by atoms with E-state index < -0.39 is 0 Å². The molecule has 2 rings (SSSR count). The van der Waals surface area contributed by atoms with Gasteiger partial charge in [0.15, 0.2) is 0 Å². The fourth-order valence-electron chi connectivity index (χ4n) is 2.71. The van der Waals surface area contributed by atoms with Crippen LogP contribution in [0.1, 0.15) is 32.1 Å². The Morgan fingerprint density at radius 3 is 2.67 bits per heavy atom. The lowest BCUT2D eigenvalue weighted by atomic mass is 9.83. The highest BCUT2D eigenvalue weighted by atomic mass is 16.5. The molecule has 88 valence electrons. The molecule has 1 atom stereocenters. The first kappa shape index (κ1) is 11.4. The van der Waals surface area contributed by atoms with E-state index in [0.717, 1.165) is 32.1 Å². The number of ether oxygens (including phenoxy) is 1. The van der Waals surface area contributed by atoms with E-state index >= 15 is 0 Å². The average molecular weight is 212 g/mol. The topological polar surface area (TPSA) is 38.5 Å². The van der Waals surface area contributed by atoms with Crippen LogP contribution >= 0.6 is 0 Å². The molecule has 1 heterocycles. The van der Waals surface area contributed by atoms with E-state index in [-0.39, 0.29) is 5.54 Å². The summed E-state index contributed by atoms with van der Waals surface area (Å²) in [6.45, 7) is 3.68. The first-order valence-corrected chi connectivity index (χ1v) is 6.26. The van der Waals surface area contributed by atoms with Gasteiger partial charge in [0.2, 0.25) is 0 Å². The number of nitrogens with two attached hydrogens (primary N) is 1. The number of rotatable bonds is 4. The van der Waals surface area contributed by atoms with Crippen molar-refractivity contribution in [1.29, 1.82) is 0 Å². The Labute approximate surface area is 93.0 Å². The van der Waals surface area contributed by atoms with E-state index in [0.29, 0.717) is 0 Å². The molecule has 1 aliphatic carbocycles. The second-order valence-corrected chi connectivity index (χ2v) is 5.26. The Balaban J connectivity index is 1.90. The third kappa shape index (κ3) is 2.35. The molecule has 0 bridgehead atoms. The lowest BCUT2D eigenvalue weighted by Crippen LogP contribution is -2.58. The minimum Gasteiger partial charge on any atom is -0.379 e. The van der Waals surface area contributed by atoms with Crippen LogP contribution in [0.4, 0.5) is 0 Å². The van der Waals surface area contributed by atoms with Gasteiger partial charge in [0.25, 0.3) is 0 Å². The molecule has 0 aromatic heterocycles. The lowest BCUT2D eigenvalue weighted by Gasteiger charge is -2.46. The van der Waals surface area contributed by atoms with E-state index in [1.807, 2.05) is 0 Å². The van der Waals surface area contributed by atoms with Crippen molar-refractivity contribution in [2.75, 3.05) is 33.4 Å². The molecule has 2 fully saturated rings. The molecule has 1 saturated heterocycles. The van der Waals surface area contributed by atoms with Gasteiger partial charge in [-0.05, 0) is 38.6 Å². The highest BCUT2D eigenvalue weighted by molar-refractivity contribution is 4.93. The number of nitrogens with zero attached hydrogens (tertiary/aromatic N) is 1. The predicted molar refractivity (Wildman–Crippen MR) is 61.8 cm³/mol. The molecule has 3 nitrogen and oxygen atoms in total. The van der Waals surface area contributed by atoms with Crippen LogP contribution in [0.25, 0.3) is 0 Å². The van der Waals surface area contributed by atoms with Gasteiger partial charge in [-0.2, -0.15) is 0 Å². The summed E-state index contributed by atoms with van der Waals surface area (Å²) in [5.74, 6) is 0.917. The highest BCUT2D eigenvalue weighted by Crippen LogP contribution is 2.31. The van der Waals surface area contributed by atoms with Gasteiger partial charge >= 0.3 is 0 Å². The van der Waals surface area contributed by atoms with Crippen LogP contribution in [0.15, 0.2) is 0 Å². The monoisotopic (exact) mass is 212 g/mol. The Hall–Kier alpha value is -0.120. The quantitative estimate of drug-likeness (QED) is 0.761. The Morgan fingerprint density at radius 2 is 2.20 bits per heavy atom. The van der Waals surface area contributed by atoms with Gasteiger partial charge in [-0.15, -0.1) is 0 Å². The SMILES string of the molecule is CN(CC1CCC1)C1(CN)CCCOC1. The molecule has 2 aliphatic rings. The number of likely N-dealkylation sites (N-methyl/N-ethyl adjacent to an activating group) is 1. The van der Waals surface area contributed by atoms with Crippen molar-refractivity contribution >= 4 is 0 Å². The van der Waals surface area contributed by atoms with Gasteiger partial charge in [-0.25, -0.2) is 0 Å². The molecule has 1 saturated carbocycles. The molecule has 1 unspecified atom stereocenters. The summed E-state index contributed by atoms with van der Waals surface area (Å²) in [6, 6.07) is 0. The fourth-order valence-corrected chi connectivity index (χ4v) is 2.71. The maximum atomic E-state index is 5.95. The maximum Gasteiger partial charge on any atom is 0.0662 e. The summed E-state index contributed by atoms with van der Waals surface area (Å²) < 4.78 is 5.61. The van der Waals surface area contributed by atoms with Crippen LogP contribution in [-0.4, -0.2) is 43.8 Å². The van der Waals surface area contributed by atoms with E-state index in [4.69, 9.17) is 10.5 Å². The summed E-state index contributed by atoms with van der Waals surface area (Å²) in [4.78, 5) is 2.47. The van der Waals surface area contributed by atoms with E-state index in [9.17, 15) is 0 Å². The van der Waals surface area contributed by atoms with Crippen molar-refractivity contribution in [3.63, 3.8) is 0 Å². The summed E-state index contributed by atoms with van der Waals surface area (Å²) in [5.41, 5.74) is 6.09. The standard InChI is InChI=1S/C12H24N2O/c1-14(8-11-4-2-5-11)12(9-13)6-3-7-15-10-12/h11H,2-10,13H2,1H3. The Bertz CT molecular complexity index is 198. The minimum atomic E-state index is 0.133. The Morgan fingerprint density at radius 1 is 1.40 bits per heavy atom. The summed E-state index contributed by atoms with van der Waals surface area (Å²) in [5, 5.41) is 0. The fraction of sp³-hybridized carbons (Fsp3) is 1.00. The van der Waals surface area contributed by atoms with Crippen molar-refractivity contribution in [3.05, 3.63) is 0 Å². The minimum absolute atomic E-state index is 0.133. The molecule has 0 amide bonds. The molecule has 15 heavy (non-hydrogen) atoms. The first-order chi connectivity index (χ1) is 7.27. The van der Waals surface area contributed by atoms with Gasteiger partial charge < -0.3 is 10.5 Å². The largest absolute Gasteiger partial charge is 0.379 e. The molecule has 2 N–H and O–H groups in total. The first-order valence-electron chi connectivity index (χ1n) is 6.26. The van der Waals surface area contributed by atoms with Gasteiger partial charge in [0, 0.05) is 19.7 Å². The van der Waals surface area contributed by atoms with Crippen LogP contribution in [0.5, 0.6) is 0 Å². The second-order valence-electron chi connectivity index (χ2n) is 5.26. The predicted octanol–water partition coefficient (Wildman–Crippen LogP) is 1.23. The van der Waals surface area contributed by atoms with Crippen LogP contribution in [0.3, 0.4) is 0 Å². The smallest absolute Gasteiger partial charge is 0.0662 e. The molecule has 0 spiro atoms. The average Bonchev–Trinajstić information content (AvgIpc) is 2.24. The third-order valence-electron chi connectivity index (χ3n) is 4.25. The molecule has 0 radical (unpaired) electrons. The lowest BCUT2D eigenvalue weighted by molar-refractivity contribution is -0.0430. The zero-order chi connectivity index (χ0) is 10.7. The molecule has 3 heteroatoms. The molecule has 1 aliphatic heterocycles. The van der Waals surface area contributed by atoms with E-state index in [1.165, 1.54) is 32.2 Å². The van der Waals surface area contributed by atoms with Crippen LogP contribution in [0.2, 0.25) is 0 Å². The van der Waals surface area contributed by atoms with Gasteiger partial charge in [-0.1, -0.05) is 6.42 Å². The molecule has 0 aromatic rings. The molecular weight excluding hydrogens is 188 g/mol. The van der Waals surface area contributed by atoms with Gasteiger partial charge in [0.1, 0.15) is 0 Å². The summed E-state index contributed by atoms with van der Waals surface area (Å²) >= 11 is 0. The van der Waals surface area contributed by atoms with Crippen molar-refractivity contribution < 1.29 is 4.74 Å². The number of hydrogen-bond acceptors (Lipinski definition) is 3. The van der Waals surface area contributed by atoms with Gasteiger partial charge in [-0.3, -0.25) is 4.90 Å². The molecular formula is C12H24N2O. The van der Waals surface area contributed by atoms with E-state index in [1.54, 1.807) is 0 Å². The van der Waals surface area contributed by atoms with Crippen molar-refractivity contribution in [3.8, 4) is 0 Å². The Kier molecular flexibility index (Phi) is 3.65. The third-order valence-corrected chi connectivity index (χ3v) is 4.25. The van der Waals surface area contributed by atoms with Crippen molar-refractivity contribution in [1.82, 2.24) is 4.90 Å². The van der Waals surface area contributed by atoms with Crippen LogP contribution in [-0.2, 0) is 4.74 Å². The zero-order valence-electron chi connectivity index (χ0n) is 9.87. The normalized spacial score (nSPS) is 33.0. The van der Waals surface area contributed by atoms with Crippen molar-refractivity contribution in [2.45, 2.75) is 37.6 Å².